The van der Waals surface area contributed by atoms with Crippen molar-refractivity contribution >= 4 is 27.9 Å². The number of aliphatic hydroxyl groups excluding tert-OH is 1. The fraction of sp³-hybridized carbons (Fsp3) is 0.360. The first-order valence-electron chi connectivity index (χ1n) is 11.7. The highest BCUT2D eigenvalue weighted by atomic mass is 32.1. The molecule has 0 spiro atoms. The molecule has 11 heteroatoms. The summed E-state index contributed by atoms with van der Waals surface area (Å²) in [6.07, 6.45) is 6.45. The summed E-state index contributed by atoms with van der Waals surface area (Å²) in [4.78, 5) is 13.4. The van der Waals surface area contributed by atoms with Crippen LogP contribution < -0.4 is 14.8 Å². The van der Waals surface area contributed by atoms with Gasteiger partial charge in [-0.2, -0.15) is 5.10 Å². The Morgan fingerprint density at radius 3 is 2.86 bits per heavy atom. The number of carbonyl (C=O) groups excluding carboxylic acids is 1. The number of methoxy groups -OCH3 is 1. The molecule has 0 unspecified atom stereocenters. The van der Waals surface area contributed by atoms with E-state index in [9.17, 15) is 14.3 Å². The van der Waals surface area contributed by atoms with Crippen molar-refractivity contribution in [3.8, 4) is 22.1 Å². The van der Waals surface area contributed by atoms with Gasteiger partial charge in [0.2, 0.25) is 5.13 Å². The Bertz CT molecular complexity index is 1400. The predicted octanol–water partition coefficient (Wildman–Crippen LogP) is 4.49. The third kappa shape index (κ3) is 4.89. The van der Waals surface area contributed by atoms with E-state index < -0.39 is 11.7 Å². The van der Waals surface area contributed by atoms with E-state index in [1.54, 1.807) is 35.1 Å². The van der Waals surface area contributed by atoms with Crippen LogP contribution in [0.2, 0.25) is 0 Å². The van der Waals surface area contributed by atoms with Gasteiger partial charge in [-0.1, -0.05) is 11.2 Å². The average molecular weight is 512 g/mol. The first kappa shape index (κ1) is 24.1. The van der Waals surface area contributed by atoms with Crippen LogP contribution in [0.25, 0.3) is 16.6 Å². The summed E-state index contributed by atoms with van der Waals surface area (Å²) in [5.41, 5.74) is 2.33. The lowest BCUT2D eigenvalue weighted by molar-refractivity contribution is 0.0915. The summed E-state index contributed by atoms with van der Waals surface area (Å²) in [5.74, 6) is -0.329. The van der Waals surface area contributed by atoms with Crippen LogP contribution in [-0.4, -0.2) is 50.6 Å². The molecule has 0 atom stereocenters. The number of halogens is 1. The highest BCUT2D eigenvalue weighted by Crippen LogP contribution is 2.36. The second-order valence-electron chi connectivity index (χ2n) is 8.89. The van der Waals surface area contributed by atoms with Crippen molar-refractivity contribution in [2.75, 3.05) is 19.0 Å². The molecule has 1 aromatic carbocycles. The lowest BCUT2D eigenvalue weighted by Crippen LogP contribution is -2.22. The number of fused-ring (bicyclic) bond motifs is 1. The number of hydrogen-bond acceptors (Lipinski definition) is 8. The lowest BCUT2D eigenvalue weighted by Gasteiger charge is -2.24. The number of amides is 1. The number of hydrogen-bond donors (Lipinski definition) is 2. The summed E-state index contributed by atoms with van der Waals surface area (Å²) < 4.78 is 27.7. The van der Waals surface area contributed by atoms with Crippen molar-refractivity contribution in [3.05, 3.63) is 53.6 Å². The predicted molar refractivity (Wildman–Crippen MR) is 133 cm³/mol. The van der Waals surface area contributed by atoms with Crippen molar-refractivity contribution in [3.63, 3.8) is 0 Å². The Morgan fingerprint density at radius 2 is 2.08 bits per heavy atom. The van der Waals surface area contributed by atoms with E-state index in [1.807, 2.05) is 6.92 Å². The van der Waals surface area contributed by atoms with Crippen molar-refractivity contribution in [1.29, 1.82) is 0 Å². The largest absolute Gasteiger partial charge is 0.496 e. The quantitative estimate of drug-likeness (QED) is 0.376. The zero-order valence-corrected chi connectivity index (χ0v) is 20.7. The van der Waals surface area contributed by atoms with E-state index in [2.05, 4.69) is 20.6 Å². The van der Waals surface area contributed by atoms with E-state index in [-0.39, 0.29) is 22.4 Å². The van der Waals surface area contributed by atoms with Gasteiger partial charge in [-0.15, -0.1) is 5.10 Å². The van der Waals surface area contributed by atoms with Crippen molar-refractivity contribution in [2.24, 2.45) is 5.92 Å². The Hall–Kier alpha value is -3.57. The average Bonchev–Trinajstić information content (AvgIpc) is 3.48. The number of rotatable bonds is 7. The Kier molecular flexibility index (Phi) is 6.84. The van der Waals surface area contributed by atoms with Crippen molar-refractivity contribution in [1.82, 2.24) is 19.8 Å². The van der Waals surface area contributed by atoms with E-state index in [0.717, 1.165) is 48.1 Å². The van der Waals surface area contributed by atoms with Crippen LogP contribution in [-0.2, 0) is 0 Å². The van der Waals surface area contributed by atoms with Gasteiger partial charge in [-0.05, 0) is 73.6 Å². The summed E-state index contributed by atoms with van der Waals surface area (Å²) in [7, 11) is 1.45. The molecule has 1 saturated carbocycles. The highest BCUT2D eigenvalue weighted by Gasteiger charge is 2.23. The van der Waals surface area contributed by atoms with Crippen LogP contribution in [0.1, 0.15) is 41.6 Å². The number of pyridine rings is 1. The summed E-state index contributed by atoms with van der Waals surface area (Å²) in [5, 5.41) is 25.4. The number of anilines is 1. The molecular formula is C25H26FN5O4S. The third-order valence-corrected chi connectivity index (χ3v) is 7.20. The normalized spacial score (nSPS) is 17.8. The van der Waals surface area contributed by atoms with Gasteiger partial charge in [-0.3, -0.25) is 10.1 Å². The smallest absolute Gasteiger partial charge is 0.295 e. The zero-order chi connectivity index (χ0) is 25.2. The number of aliphatic hydroxyl groups is 1. The number of nitrogens with one attached hydrogen (secondary N) is 1. The molecule has 5 rings (SSSR count). The standard InChI is InChI=1S/C25H26FN5O4S/c1-14-11-27-31-12-18(22-19(26)4-3-5-21(22)34-2)17(10-20(14)31)23(33)28-24-29-30-25(36-24)35-13-15-6-8-16(32)9-7-15/h3-5,10-12,15-16,32H,6-9,13H2,1-2H3,(H,28,29,33). The Morgan fingerprint density at radius 1 is 1.28 bits per heavy atom. The molecule has 0 saturated heterocycles. The molecule has 3 aromatic heterocycles. The molecule has 0 radical (unpaired) electrons. The Balaban J connectivity index is 1.40. The minimum absolute atomic E-state index is 0.166. The van der Waals surface area contributed by atoms with Gasteiger partial charge in [0.05, 0.1) is 42.7 Å². The maximum absolute atomic E-state index is 15.0. The van der Waals surface area contributed by atoms with Gasteiger partial charge >= 0.3 is 0 Å². The maximum atomic E-state index is 15.0. The Labute approximate surface area is 210 Å². The van der Waals surface area contributed by atoms with E-state index in [1.165, 1.54) is 13.2 Å². The van der Waals surface area contributed by atoms with Gasteiger partial charge in [0.25, 0.3) is 11.1 Å². The van der Waals surface area contributed by atoms with Gasteiger partial charge < -0.3 is 14.6 Å². The topological polar surface area (TPSA) is 111 Å². The van der Waals surface area contributed by atoms with Gasteiger partial charge in [0.1, 0.15) is 11.6 Å². The SMILES string of the molecule is COc1cccc(F)c1-c1cn2ncc(C)c2cc1C(=O)Nc1nnc(OCC2CCC(O)CC2)s1. The van der Waals surface area contributed by atoms with Crippen LogP contribution >= 0.6 is 11.3 Å². The number of benzene rings is 1. The van der Waals surface area contributed by atoms with Crippen LogP contribution in [0.5, 0.6) is 10.9 Å². The summed E-state index contributed by atoms with van der Waals surface area (Å²) in [6.45, 7) is 2.37. The lowest BCUT2D eigenvalue weighted by atomic mass is 9.88. The molecule has 188 valence electrons. The fourth-order valence-corrected chi connectivity index (χ4v) is 5.05. The second kappa shape index (κ2) is 10.2. The zero-order valence-electron chi connectivity index (χ0n) is 19.9. The molecule has 0 aliphatic heterocycles. The molecule has 3 heterocycles. The molecular weight excluding hydrogens is 485 g/mol. The highest BCUT2D eigenvalue weighted by molar-refractivity contribution is 7.17. The van der Waals surface area contributed by atoms with E-state index in [0.29, 0.717) is 29.0 Å². The number of carbonyl (C=O) groups is 1. The van der Waals surface area contributed by atoms with Gasteiger partial charge in [0, 0.05) is 11.8 Å². The number of aryl methyl sites for hydroxylation is 1. The van der Waals surface area contributed by atoms with Crippen LogP contribution in [0.3, 0.4) is 0 Å². The maximum Gasteiger partial charge on any atom is 0.295 e. The van der Waals surface area contributed by atoms with Gasteiger partial charge in [-0.25, -0.2) is 8.91 Å². The van der Waals surface area contributed by atoms with Crippen LogP contribution in [0, 0.1) is 18.7 Å². The number of nitrogens with zero attached hydrogens (tertiary/aromatic N) is 4. The number of aromatic nitrogens is 4. The van der Waals surface area contributed by atoms with Crippen molar-refractivity contribution in [2.45, 2.75) is 38.7 Å². The number of ether oxygens (including phenoxy) is 2. The monoisotopic (exact) mass is 511 g/mol. The summed E-state index contributed by atoms with van der Waals surface area (Å²) in [6, 6.07) is 6.18. The first-order chi connectivity index (χ1) is 17.4. The molecule has 2 N–H and O–H groups in total. The molecule has 0 bridgehead atoms. The van der Waals surface area contributed by atoms with E-state index in [4.69, 9.17) is 9.47 Å². The summed E-state index contributed by atoms with van der Waals surface area (Å²) >= 11 is 1.12. The van der Waals surface area contributed by atoms with Crippen LogP contribution in [0.4, 0.5) is 9.52 Å². The first-order valence-corrected chi connectivity index (χ1v) is 12.5. The second-order valence-corrected chi connectivity index (χ2v) is 9.83. The third-order valence-electron chi connectivity index (χ3n) is 6.44. The fourth-order valence-electron chi connectivity index (χ4n) is 4.45. The molecule has 1 aliphatic carbocycles. The molecule has 36 heavy (non-hydrogen) atoms. The molecule has 1 fully saturated rings. The van der Waals surface area contributed by atoms with Gasteiger partial charge in [0.15, 0.2) is 0 Å². The minimum atomic E-state index is -0.520. The van der Waals surface area contributed by atoms with Crippen LogP contribution in [0.15, 0.2) is 36.7 Å². The van der Waals surface area contributed by atoms with Crippen molar-refractivity contribution < 1.29 is 23.8 Å². The molecule has 1 amide bonds. The molecule has 1 aliphatic rings. The molecule has 4 aromatic rings. The van der Waals surface area contributed by atoms with E-state index >= 15 is 0 Å². The minimum Gasteiger partial charge on any atom is -0.496 e. The molecule has 9 nitrogen and oxygen atoms in total.